The van der Waals surface area contributed by atoms with E-state index in [2.05, 4.69) is 5.32 Å². The highest BCUT2D eigenvalue weighted by Crippen LogP contribution is 2.30. The molecule has 0 aliphatic rings. The van der Waals surface area contributed by atoms with Gasteiger partial charge in [0.15, 0.2) is 6.61 Å². The van der Waals surface area contributed by atoms with Crippen LogP contribution in [0, 0.1) is 13.8 Å². The molecular weight excluding hydrogens is 459 g/mol. The Morgan fingerprint density at radius 1 is 0.939 bits per heavy atom. The molecular formula is C26H20Cl2N2O3. The molecule has 166 valence electrons. The molecule has 0 unspecified atom stereocenters. The Labute approximate surface area is 201 Å². The van der Waals surface area contributed by atoms with Crippen molar-refractivity contribution in [2.24, 2.45) is 0 Å². The van der Waals surface area contributed by atoms with E-state index in [0.29, 0.717) is 43.5 Å². The molecule has 0 saturated carbocycles. The van der Waals surface area contributed by atoms with Crippen LogP contribution in [0.4, 0.5) is 5.69 Å². The molecule has 3 aromatic carbocycles. The molecule has 0 saturated heterocycles. The van der Waals surface area contributed by atoms with Gasteiger partial charge in [-0.25, -0.2) is 9.78 Å². The van der Waals surface area contributed by atoms with Crippen molar-refractivity contribution in [2.75, 3.05) is 11.9 Å². The van der Waals surface area contributed by atoms with Crippen molar-refractivity contribution in [3.63, 3.8) is 0 Å². The van der Waals surface area contributed by atoms with E-state index < -0.39 is 18.5 Å². The van der Waals surface area contributed by atoms with Crippen LogP contribution in [0.2, 0.25) is 10.0 Å². The fourth-order valence-electron chi connectivity index (χ4n) is 3.54. The Balaban J connectivity index is 1.60. The third kappa shape index (κ3) is 5.00. The number of hydrogen-bond acceptors (Lipinski definition) is 4. The van der Waals surface area contributed by atoms with E-state index in [9.17, 15) is 9.59 Å². The maximum atomic E-state index is 13.1. The van der Waals surface area contributed by atoms with Gasteiger partial charge in [0, 0.05) is 16.6 Å². The van der Waals surface area contributed by atoms with Crippen molar-refractivity contribution in [1.82, 2.24) is 4.98 Å². The summed E-state index contributed by atoms with van der Waals surface area (Å²) in [6.45, 7) is 3.40. The Bertz CT molecular complexity index is 1370. The lowest BCUT2D eigenvalue weighted by molar-refractivity contribution is -0.119. The summed E-state index contributed by atoms with van der Waals surface area (Å²) in [6, 6.07) is 20.0. The van der Waals surface area contributed by atoms with Crippen LogP contribution >= 0.6 is 23.2 Å². The lowest BCUT2D eigenvalue weighted by Gasteiger charge is -2.14. The molecule has 33 heavy (non-hydrogen) atoms. The summed E-state index contributed by atoms with van der Waals surface area (Å²) in [5.74, 6) is -1.08. The van der Waals surface area contributed by atoms with Crippen molar-refractivity contribution in [1.29, 1.82) is 0 Å². The normalized spacial score (nSPS) is 10.8. The van der Waals surface area contributed by atoms with Crippen molar-refractivity contribution in [3.05, 3.63) is 93.5 Å². The van der Waals surface area contributed by atoms with E-state index in [1.54, 1.807) is 12.1 Å². The first-order valence-corrected chi connectivity index (χ1v) is 11.0. The molecule has 1 amide bonds. The minimum Gasteiger partial charge on any atom is -0.452 e. The molecule has 0 atom stereocenters. The minimum absolute atomic E-state index is 0.314. The number of anilines is 1. The van der Waals surface area contributed by atoms with Gasteiger partial charge in [-0.3, -0.25) is 4.79 Å². The van der Waals surface area contributed by atoms with Crippen molar-refractivity contribution in [3.8, 4) is 11.3 Å². The van der Waals surface area contributed by atoms with Gasteiger partial charge >= 0.3 is 5.97 Å². The molecule has 7 heteroatoms. The topological polar surface area (TPSA) is 68.3 Å². The van der Waals surface area contributed by atoms with Crippen molar-refractivity contribution >= 4 is 51.7 Å². The number of pyridine rings is 1. The van der Waals surface area contributed by atoms with Gasteiger partial charge in [0.2, 0.25) is 0 Å². The van der Waals surface area contributed by atoms with Gasteiger partial charge < -0.3 is 10.1 Å². The van der Waals surface area contributed by atoms with Crippen LogP contribution in [0.5, 0.6) is 0 Å². The zero-order valence-corrected chi connectivity index (χ0v) is 19.5. The molecule has 0 aliphatic heterocycles. The highest BCUT2D eigenvalue weighted by molar-refractivity contribution is 6.42. The van der Waals surface area contributed by atoms with Gasteiger partial charge in [0.25, 0.3) is 5.91 Å². The SMILES string of the molecule is Cc1ccc(-c2nc3ccccc3c(C(=O)OCC(=O)Nc3ccc(Cl)c(Cl)c3)c2C)cc1. The number of aromatic nitrogens is 1. The average molecular weight is 479 g/mol. The van der Waals surface area contributed by atoms with Gasteiger partial charge in [-0.1, -0.05) is 71.2 Å². The monoisotopic (exact) mass is 478 g/mol. The third-order valence-corrected chi connectivity index (χ3v) is 5.94. The summed E-state index contributed by atoms with van der Waals surface area (Å²) < 4.78 is 5.38. The summed E-state index contributed by atoms with van der Waals surface area (Å²) in [7, 11) is 0. The lowest BCUT2D eigenvalue weighted by Crippen LogP contribution is -2.21. The number of carbonyl (C=O) groups excluding carboxylic acids is 2. The molecule has 0 aliphatic carbocycles. The number of nitrogens with zero attached hydrogens (tertiary/aromatic N) is 1. The molecule has 0 radical (unpaired) electrons. The van der Waals surface area contributed by atoms with E-state index in [0.717, 1.165) is 11.1 Å². The molecule has 1 heterocycles. The van der Waals surface area contributed by atoms with Crippen LogP contribution in [0.25, 0.3) is 22.2 Å². The number of hydrogen-bond donors (Lipinski definition) is 1. The van der Waals surface area contributed by atoms with Crippen LogP contribution in [0.3, 0.4) is 0 Å². The van der Waals surface area contributed by atoms with Gasteiger partial charge in [-0.2, -0.15) is 0 Å². The fraction of sp³-hybridized carbons (Fsp3) is 0.115. The Hall–Kier alpha value is -3.41. The number of aryl methyl sites for hydroxylation is 1. The van der Waals surface area contributed by atoms with Crippen LogP contribution in [0.15, 0.2) is 66.7 Å². The summed E-state index contributed by atoms with van der Waals surface area (Å²) >= 11 is 11.9. The average Bonchev–Trinajstić information content (AvgIpc) is 2.80. The van der Waals surface area contributed by atoms with Gasteiger partial charge in [0.1, 0.15) is 0 Å². The zero-order chi connectivity index (χ0) is 23.5. The molecule has 0 spiro atoms. The van der Waals surface area contributed by atoms with Crippen LogP contribution in [0.1, 0.15) is 21.5 Å². The quantitative estimate of drug-likeness (QED) is 0.327. The molecule has 5 nitrogen and oxygen atoms in total. The number of para-hydroxylation sites is 1. The zero-order valence-electron chi connectivity index (χ0n) is 18.0. The number of esters is 1. The fourth-order valence-corrected chi connectivity index (χ4v) is 3.84. The number of amides is 1. The number of ether oxygens (including phenoxy) is 1. The number of rotatable bonds is 5. The van der Waals surface area contributed by atoms with Gasteiger partial charge in [0.05, 0.1) is 26.8 Å². The number of benzene rings is 3. The van der Waals surface area contributed by atoms with Crippen molar-refractivity contribution in [2.45, 2.75) is 13.8 Å². The lowest BCUT2D eigenvalue weighted by atomic mass is 9.97. The Kier molecular flexibility index (Phi) is 6.63. The van der Waals surface area contributed by atoms with Crippen LogP contribution < -0.4 is 5.32 Å². The first-order chi connectivity index (χ1) is 15.8. The predicted octanol–water partition coefficient (Wildman–Crippen LogP) is 6.62. The molecule has 4 rings (SSSR count). The van der Waals surface area contributed by atoms with E-state index in [-0.39, 0.29) is 0 Å². The highest BCUT2D eigenvalue weighted by atomic mass is 35.5. The van der Waals surface area contributed by atoms with Crippen molar-refractivity contribution < 1.29 is 14.3 Å². The molecule has 1 aromatic heterocycles. The van der Waals surface area contributed by atoms with E-state index in [1.165, 1.54) is 6.07 Å². The minimum atomic E-state index is -0.594. The molecule has 0 bridgehead atoms. The summed E-state index contributed by atoms with van der Waals surface area (Å²) in [5, 5.41) is 4.00. The largest absolute Gasteiger partial charge is 0.452 e. The second-order valence-electron chi connectivity index (χ2n) is 7.60. The molecule has 0 fully saturated rings. The van der Waals surface area contributed by atoms with Gasteiger partial charge in [-0.15, -0.1) is 0 Å². The second-order valence-corrected chi connectivity index (χ2v) is 8.41. The van der Waals surface area contributed by atoms with Crippen LogP contribution in [-0.2, 0) is 9.53 Å². The highest BCUT2D eigenvalue weighted by Gasteiger charge is 2.21. The van der Waals surface area contributed by atoms with Gasteiger partial charge in [-0.05, 0) is 43.7 Å². The third-order valence-electron chi connectivity index (χ3n) is 5.20. The predicted molar refractivity (Wildman–Crippen MR) is 132 cm³/mol. The number of fused-ring (bicyclic) bond motifs is 1. The second kappa shape index (κ2) is 9.61. The summed E-state index contributed by atoms with van der Waals surface area (Å²) in [4.78, 5) is 30.2. The number of carbonyl (C=O) groups is 2. The Morgan fingerprint density at radius 2 is 1.67 bits per heavy atom. The smallest absolute Gasteiger partial charge is 0.339 e. The maximum Gasteiger partial charge on any atom is 0.339 e. The van der Waals surface area contributed by atoms with E-state index in [4.69, 9.17) is 32.9 Å². The first-order valence-electron chi connectivity index (χ1n) is 10.2. The molecule has 4 aromatic rings. The van der Waals surface area contributed by atoms with E-state index >= 15 is 0 Å². The summed E-state index contributed by atoms with van der Waals surface area (Å²) in [6.07, 6.45) is 0. The maximum absolute atomic E-state index is 13.1. The van der Waals surface area contributed by atoms with E-state index in [1.807, 2.05) is 62.4 Å². The number of halogens is 2. The Morgan fingerprint density at radius 3 is 2.39 bits per heavy atom. The standard InChI is InChI=1S/C26H20Cl2N2O3/c1-15-7-9-17(10-8-15)25-16(2)24(19-5-3-4-6-22(19)30-25)26(32)33-14-23(31)29-18-11-12-20(27)21(28)13-18/h3-13H,14H2,1-2H3,(H,29,31). The van der Waals surface area contributed by atoms with Crippen LogP contribution in [-0.4, -0.2) is 23.5 Å². The molecule has 1 N–H and O–H groups in total. The summed E-state index contributed by atoms with van der Waals surface area (Å²) in [5.41, 5.74) is 4.93. The first kappa shape index (κ1) is 22.8. The number of nitrogens with one attached hydrogen (secondary N) is 1.